The molecule has 1 aromatic heterocycles. The fourth-order valence-corrected chi connectivity index (χ4v) is 3.53. The molecular formula is C11H14N2S2. The van der Waals surface area contributed by atoms with Gasteiger partial charge in [-0.05, 0) is 30.0 Å². The van der Waals surface area contributed by atoms with Gasteiger partial charge >= 0.3 is 0 Å². The number of thioether (sulfide) groups is 1. The molecule has 0 spiro atoms. The van der Waals surface area contributed by atoms with E-state index in [1.807, 2.05) is 11.8 Å². The molecule has 2 nitrogen and oxygen atoms in total. The third-order valence-electron chi connectivity index (χ3n) is 2.64. The Bertz CT molecular complexity index is 334. The molecule has 1 atom stereocenters. The summed E-state index contributed by atoms with van der Waals surface area (Å²) < 4.78 is 0. The van der Waals surface area contributed by atoms with Crippen LogP contribution in [0.3, 0.4) is 0 Å². The van der Waals surface area contributed by atoms with Gasteiger partial charge in [0.15, 0.2) is 0 Å². The highest BCUT2D eigenvalue weighted by Gasteiger charge is 2.31. The second-order valence-electron chi connectivity index (χ2n) is 3.78. The van der Waals surface area contributed by atoms with Crippen LogP contribution in [-0.2, 0) is 6.54 Å². The molecule has 0 saturated carbocycles. The Labute approximate surface area is 98.7 Å². The topological polar surface area (TPSA) is 35.8 Å². The molecule has 0 amide bonds. The van der Waals surface area contributed by atoms with Crippen molar-refractivity contribution in [1.82, 2.24) is 5.32 Å². The van der Waals surface area contributed by atoms with Crippen LogP contribution in [0.5, 0.6) is 0 Å². The van der Waals surface area contributed by atoms with Crippen LogP contribution < -0.4 is 5.32 Å². The summed E-state index contributed by atoms with van der Waals surface area (Å²) in [6, 6.07) is 6.61. The lowest BCUT2D eigenvalue weighted by Crippen LogP contribution is -2.47. The summed E-state index contributed by atoms with van der Waals surface area (Å²) in [5, 5.41) is 14.7. The normalized spacial score (nSPS) is 26.1. The minimum atomic E-state index is -0.285. The average molecular weight is 238 g/mol. The number of hydrogen-bond donors (Lipinski definition) is 1. The second kappa shape index (κ2) is 5.02. The van der Waals surface area contributed by atoms with Crippen LogP contribution in [0.1, 0.15) is 17.7 Å². The summed E-state index contributed by atoms with van der Waals surface area (Å²) in [5.41, 5.74) is -0.285. The van der Waals surface area contributed by atoms with Crippen LogP contribution in [0.25, 0.3) is 0 Å². The SMILES string of the molecule is N#CC1(NCc2cccs2)CCCSC1. The maximum absolute atomic E-state index is 9.25. The van der Waals surface area contributed by atoms with Gasteiger partial charge in [-0.3, -0.25) is 5.32 Å². The lowest BCUT2D eigenvalue weighted by Gasteiger charge is -2.31. The van der Waals surface area contributed by atoms with Crippen molar-refractivity contribution in [3.05, 3.63) is 22.4 Å². The molecule has 4 heteroatoms. The Hall–Kier alpha value is -0.500. The van der Waals surface area contributed by atoms with Gasteiger partial charge in [-0.2, -0.15) is 17.0 Å². The zero-order valence-electron chi connectivity index (χ0n) is 8.53. The van der Waals surface area contributed by atoms with Gasteiger partial charge in [0, 0.05) is 17.2 Å². The van der Waals surface area contributed by atoms with Crippen molar-refractivity contribution < 1.29 is 0 Å². The van der Waals surface area contributed by atoms with E-state index in [4.69, 9.17) is 0 Å². The molecule has 1 saturated heterocycles. The maximum Gasteiger partial charge on any atom is 0.116 e. The van der Waals surface area contributed by atoms with Crippen molar-refractivity contribution in [3.8, 4) is 6.07 Å². The molecule has 1 aliphatic heterocycles. The van der Waals surface area contributed by atoms with E-state index in [9.17, 15) is 5.26 Å². The number of nitriles is 1. The number of thiophene rings is 1. The minimum Gasteiger partial charge on any atom is -0.294 e. The third kappa shape index (κ3) is 2.75. The zero-order chi connectivity index (χ0) is 10.6. The maximum atomic E-state index is 9.25. The lowest BCUT2D eigenvalue weighted by atomic mass is 9.97. The monoisotopic (exact) mass is 238 g/mol. The van der Waals surface area contributed by atoms with E-state index in [0.717, 1.165) is 25.1 Å². The molecule has 80 valence electrons. The Morgan fingerprint density at radius 2 is 2.53 bits per heavy atom. The van der Waals surface area contributed by atoms with E-state index in [1.165, 1.54) is 10.6 Å². The van der Waals surface area contributed by atoms with E-state index in [0.29, 0.717) is 0 Å². The highest BCUT2D eigenvalue weighted by atomic mass is 32.2. The van der Waals surface area contributed by atoms with Crippen molar-refractivity contribution in [2.75, 3.05) is 11.5 Å². The van der Waals surface area contributed by atoms with E-state index in [2.05, 4.69) is 28.9 Å². The fraction of sp³-hybridized carbons (Fsp3) is 0.545. The molecule has 0 radical (unpaired) electrons. The highest BCUT2D eigenvalue weighted by Crippen LogP contribution is 2.26. The molecule has 1 fully saturated rings. The first-order valence-electron chi connectivity index (χ1n) is 5.11. The first-order chi connectivity index (χ1) is 7.35. The number of hydrogen-bond acceptors (Lipinski definition) is 4. The molecule has 15 heavy (non-hydrogen) atoms. The molecule has 0 bridgehead atoms. The Balaban J connectivity index is 1.93. The van der Waals surface area contributed by atoms with Crippen molar-refractivity contribution in [2.45, 2.75) is 24.9 Å². The van der Waals surface area contributed by atoms with Crippen LogP contribution in [0.4, 0.5) is 0 Å². The lowest BCUT2D eigenvalue weighted by molar-refractivity contribution is 0.414. The van der Waals surface area contributed by atoms with Crippen LogP contribution in [0.2, 0.25) is 0 Å². The summed E-state index contributed by atoms with van der Waals surface area (Å²) in [7, 11) is 0. The highest BCUT2D eigenvalue weighted by molar-refractivity contribution is 7.99. The molecule has 2 heterocycles. The van der Waals surface area contributed by atoms with Crippen LogP contribution >= 0.6 is 23.1 Å². The van der Waals surface area contributed by atoms with Gasteiger partial charge in [-0.1, -0.05) is 6.07 Å². The van der Waals surface area contributed by atoms with Gasteiger partial charge in [0.1, 0.15) is 5.54 Å². The first-order valence-corrected chi connectivity index (χ1v) is 7.14. The molecule has 1 N–H and O–H groups in total. The molecular weight excluding hydrogens is 224 g/mol. The fourth-order valence-electron chi connectivity index (χ4n) is 1.73. The third-order valence-corrected chi connectivity index (χ3v) is 4.79. The van der Waals surface area contributed by atoms with Crippen molar-refractivity contribution in [1.29, 1.82) is 5.26 Å². The summed E-state index contributed by atoms with van der Waals surface area (Å²) >= 11 is 3.62. The zero-order valence-corrected chi connectivity index (χ0v) is 10.2. The molecule has 1 unspecified atom stereocenters. The Morgan fingerprint density at radius 3 is 3.13 bits per heavy atom. The Kier molecular flexibility index (Phi) is 3.68. The predicted octanol–water partition coefficient (Wildman–Crippen LogP) is 2.63. The van der Waals surface area contributed by atoms with Crippen molar-refractivity contribution in [3.63, 3.8) is 0 Å². The van der Waals surface area contributed by atoms with Crippen molar-refractivity contribution >= 4 is 23.1 Å². The average Bonchev–Trinajstić information content (AvgIpc) is 2.81. The molecule has 0 aromatic carbocycles. The van der Waals surface area contributed by atoms with Gasteiger partial charge in [0.25, 0.3) is 0 Å². The first kappa shape index (κ1) is 11.0. The number of rotatable bonds is 3. The van der Waals surface area contributed by atoms with Crippen LogP contribution in [-0.4, -0.2) is 17.0 Å². The predicted molar refractivity (Wildman–Crippen MR) is 66.1 cm³/mol. The van der Waals surface area contributed by atoms with Crippen molar-refractivity contribution in [2.24, 2.45) is 0 Å². The van der Waals surface area contributed by atoms with Crippen LogP contribution in [0.15, 0.2) is 17.5 Å². The smallest absolute Gasteiger partial charge is 0.116 e. The van der Waals surface area contributed by atoms with Gasteiger partial charge < -0.3 is 0 Å². The summed E-state index contributed by atoms with van der Waals surface area (Å²) in [6.45, 7) is 0.825. The number of nitrogens with one attached hydrogen (secondary N) is 1. The minimum absolute atomic E-state index is 0.285. The number of nitrogens with zero attached hydrogens (tertiary/aromatic N) is 1. The summed E-state index contributed by atoms with van der Waals surface area (Å²) in [6.07, 6.45) is 2.14. The van der Waals surface area contributed by atoms with E-state index >= 15 is 0 Å². The largest absolute Gasteiger partial charge is 0.294 e. The van der Waals surface area contributed by atoms with E-state index in [-0.39, 0.29) is 5.54 Å². The van der Waals surface area contributed by atoms with Crippen LogP contribution in [0, 0.1) is 11.3 Å². The van der Waals surface area contributed by atoms with E-state index < -0.39 is 0 Å². The second-order valence-corrected chi connectivity index (χ2v) is 5.92. The van der Waals surface area contributed by atoms with Gasteiger partial charge in [-0.25, -0.2) is 0 Å². The molecule has 1 aromatic rings. The Morgan fingerprint density at radius 1 is 1.60 bits per heavy atom. The van der Waals surface area contributed by atoms with Gasteiger partial charge in [0.2, 0.25) is 0 Å². The van der Waals surface area contributed by atoms with Gasteiger partial charge in [0.05, 0.1) is 6.07 Å². The molecule has 2 rings (SSSR count). The van der Waals surface area contributed by atoms with Gasteiger partial charge in [-0.15, -0.1) is 11.3 Å². The molecule has 0 aliphatic carbocycles. The summed E-state index contributed by atoms with van der Waals surface area (Å²) in [5.74, 6) is 2.12. The quantitative estimate of drug-likeness (QED) is 0.879. The van der Waals surface area contributed by atoms with E-state index in [1.54, 1.807) is 11.3 Å². The summed E-state index contributed by atoms with van der Waals surface area (Å²) in [4.78, 5) is 1.31. The standard InChI is InChI=1S/C11H14N2S2/c12-8-11(4-2-5-14-9-11)13-7-10-3-1-6-15-10/h1,3,6,13H,2,4-5,7,9H2. The molecule has 1 aliphatic rings.